The molecule has 3 aromatic rings. The molecule has 0 radical (unpaired) electrons. The van der Waals surface area contributed by atoms with Gasteiger partial charge in [0, 0.05) is 0 Å². The van der Waals surface area contributed by atoms with Crippen molar-refractivity contribution in [2.45, 2.75) is 56.8 Å². The molecule has 1 atom stereocenters. The Balaban J connectivity index is 1.71. The quantitative estimate of drug-likeness (QED) is 0.162. The molecule has 0 aromatic heterocycles. The Morgan fingerprint density at radius 3 is 1.88 bits per heavy atom. The highest BCUT2D eigenvalue weighted by Crippen LogP contribution is 2.38. The largest absolute Gasteiger partial charge is 0.534 e. The van der Waals surface area contributed by atoms with Crippen LogP contribution in [-0.2, 0) is 30.1 Å². The molecule has 1 heterocycles. The average molecular weight is 634 g/mol. The van der Waals surface area contributed by atoms with Crippen molar-refractivity contribution in [3.8, 4) is 0 Å². The van der Waals surface area contributed by atoms with Crippen LogP contribution in [0.5, 0.6) is 0 Å². The molecule has 0 spiro atoms. The molecule has 1 aliphatic heterocycles. The topological polar surface area (TPSA) is 82.1 Å². The number of halogens is 3. The van der Waals surface area contributed by atoms with E-state index in [4.69, 9.17) is 9.16 Å². The third-order valence-corrected chi connectivity index (χ3v) is 13.2. The van der Waals surface area contributed by atoms with Crippen LogP contribution in [0.3, 0.4) is 0 Å². The maximum absolute atomic E-state index is 13.5. The lowest BCUT2D eigenvalue weighted by Crippen LogP contribution is -2.67. The molecule has 0 fully saturated rings. The van der Waals surface area contributed by atoms with Gasteiger partial charge in [-0.25, -0.2) is 9.69 Å². The predicted octanol–water partition coefficient (Wildman–Crippen LogP) is 6.07. The molecular formula is C31H34F3NO6SSi. The van der Waals surface area contributed by atoms with Gasteiger partial charge in [0.25, 0.3) is 8.32 Å². The summed E-state index contributed by atoms with van der Waals surface area (Å²) in [7, 11) is -9.16. The van der Waals surface area contributed by atoms with E-state index in [1.807, 2.05) is 60.7 Å². The van der Waals surface area contributed by atoms with Crippen molar-refractivity contribution in [3.05, 3.63) is 109 Å². The smallest absolute Gasteiger partial charge is 0.444 e. The first-order chi connectivity index (χ1) is 20.3. The number of ether oxygens (including phenoxy) is 1. The standard InChI is InChI=1S/C31H34F3NO6SSi/c1-30(2,3)43(26-17-9-5-10-18-26,27-19-11-6-12-20-27)40-23-25-16-13-21-28(41-42(37,38)31(32,33)34)35(25)29(36)39-22-24-14-7-4-8-15-24/h4-12,14-15,17-21,25H,13,16,22-23H2,1-3H3/t25-/m0/s1. The molecule has 4 rings (SSSR count). The summed E-state index contributed by atoms with van der Waals surface area (Å²) in [6.45, 7) is 5.90. The molecule has 0 saturated carbocycles. The monoisotopic (exact) mass is 633 g/mol. The van der Waals surface area contributed by atoms with Crippen LogP contribution in [0.25, 0.3) is 0 Å². The predicted molar refractivity (Wildman–Crippen MR) is 159 cm³/mol. The highest BCUT2D eigenvalue weighted by Gasteiger charge is 2.52. The van der Waals surface area contributed by atoms with Gasteiger partial charge < -0.3 is 13.3 Å². The van der Waals surface area contributed by atoms with Gasteiger partial charge in [-0.15, -0.1) is 0 Å². The first-order valence-electron chi connectivity index (χ1n) is 13.7. The van der Waals surface area contributed by atoms with Crippen molar-refractivity contribution in [3.63, 3.8) is 0 Å². The van der Waals surface area contributed by atoms with Gasteiger partial charge in [0.1, 0.15) is 6.61 Å². The molecule has 1 aliphatic rings. The van der Waals surface area contributed by atoms with Gasteiger partial charge in [-0.2, -0.15) is 21.6 Å². The fourth-order valence-electron chi connectivity index (χ4n) is 5.21. The van der Waals surface area contributed by atoms with Crippen LogP contribution in [0.15, 0.2) is 103 Å². The van der Waals surface area contributed by atoms with E-state index >= 15 is 0 Å². The van der Waals surface area contributed by atoms with Crippen LogP contribution in [0, 0.1) is 0 Å². The average Bonchev–Trinajstić information content (AvgIpc) is 2.96. The zero-order chi connectivity index (χ0) is 31.3. The molecule has 7 nitrogen and oxygen atoms in total. The molecule has 43 heavy (non-hydrogen) atoms. The van der Waals surface area contributed by atoms with E-state index in [9.17, 15) is 26.4 Å². The molecule has 230 valence electrons. The maximum atomic E-state index is 13.5. The second-order valence-electron chi connectivity index (χ2n) is 11.1. The van der Waals surface area contributed by atoms with Gasteiger partial charge in [-0.05, 0) is 39.9 Å². The summed E-state index contributed by atoms with van der Waals surface area (Å²) >= 11 is 0. The summed E-state index contributed by atoms with van der Waals surface area (Å²) < 4.78 is 80.8. The van der Waals surface area contributed by atoms with Crippen molar-refractivity contribution in [1.29, 1.82) is 0 Å². The minimum Gasteiger partial charge on any atom is -0.444 e. The van der Waals surface area contributed by atoms with Crippen molar-refractivity contribution in [2.75, 3.05) is 6.61 Å². The minimum absolute atomic E-state index is 0.111. The molecular weight excluding hydrogens is 599 g/mol. The van der Waals surface area contributed by atoms with Crippen molar-refractivity contribution >= 4 is 34.9 Å². The maximum Gasteiger partial charge on any atom is 0.534 e. The van der Waals surface area contributed by atoms with Gasteiger partial charge in [0.15, 0.2) is 0 Å². The lowest BCUT2D eigenvalue weighted by Gasteiger charge is -2.44. The van der Waals surface area contributed by atoms with Crippen LogP contribution in [0.4, 0.5) is 18.0 Å². The van der Waals surface area contributed by atoms with E-state index in [-0.39, 0.29) is 26.1 Å². The number of hydrogen-bond acceptors (Lipinski definition) is 6. The minimum atomic E-state index is -6.06. The van der Waals surface area contributed by atoms with Gasteiger partial charge in [-0.3, -0.25) is 0 Å². The van der Waals surface area contributed by atoms with Crippen molar-refractivity contribution in [2.24, 2.45) is 0 Å². The first-order valence-corrected chi connectivity index (χ1v) is 17.0. The molecule has 3 aromatic carbocycles. The summed E-state index contributed by atoms with van der Waals surface area (Å²) in [5, 5.41) is 1.52. The zero-order valence-electron chi connectivity index (χ0n) is 24.1. The van der Waals surface area contributed by atoms with E-state index in [1.54, 1.807) is 30.3 Å². The van der Waals surface area contributed by atoms with Crippen LogP contribution < -0.4 is 10.4 Å². The Morgan fingerprint density at radius 1 is 0.884 bits per heavy atom. The highest BCUT2D eigenvalue weighted by atomic mass is 32.2. The molecule has 0 bridgehead atoms. The molecule has 0 saturated heterocycles. The fraction of sp³-hybridized carbons (Fsp3) is 0.323. The highest BCUT2D eigenvalue weighted by molar-refractivity contribution is 7.87. The Bertz CT molecular complexity index is 1470. The number of allylic oxidation sites excluding steroid dienone is 1. The van der Waals surface area contributed by atoms with E-state index in [1.165, 1.54) is 0 Å². The number of benzene rings is 3. The normalized spacial score (nSPS) is 16.4. The second kappa shape index (κ2) is 12.9. The van der Waals surface area contributed by atoms with E-state index in [2.05, 4.69) is 25.0 Å². The number of rotatable bonds is 9. The number of nitrogens with zero attached hydrogens (tertiary/aromatic N) is 1. The van der Waals surface area contributed by atoms with Crippen LogP contribution in [0.2, 0.25) is 5.04 Å². The van der Waals surface area contributed by atoms with Gasteiger partial charge >= 0.3 is 21.7 Å². The number of carbonyl (C=O) groups is 1. The summed E-state index contributed by atoms with van der Waals surface area (Å²) in [6, 6.07) is 27.2. The Hall–Kier alpha value is -3.61. The SMILES string of the molecule is CC(C)(C)[Si](OC[C@@H]1CCC=C(OS(=O)(=O)C(F)(F)F)N1C(=O)OCc1ccccc1)(c1ccccc1)c1ccccc1. The lowest BCUT2D eigenvalue weighted by molar-refractivity contribution is -0.0547. The van der Waals surface area contributed by atoms with Crippen LogP contribution in [0.1, 0.15) is 39.2 Å². The van der Waals surface area contributed by atoms with Crippen LogP contribution >= 0.6 is 0 Å². The van der Waals surface area contributed by atoms with E-state index in [0.29, 0.717) is 5.56 Å². The van der Waals surface area contributed by atoms with Crippen LogP contribution in [-0.4, -0.2) is 45.9 Å². The number of alkyl halides is 3. The Kier molecular flexibility index (Phi) is 9.72. The molecule has 12 heteroatoms. The fourth-order valence-corrected chi connectivity index (χ4v) is 10.3. The lowest BCUT2D eigenvalue weighted by atomic mass is 10.1. The summed E-state index contributed by atoms with van der Waals surface area (Å²) in [5.74, 6) is -0.766. The molecule has 0 N–H and O–H groups in total. The number of amides is 1. The van der Waals surface area contributed by atoms with Gasteiger partial charge in [0.05, 0.1) is 12.6 Å². The van der Waals surface area contributed by atoms with Crippen molar-refractivity contribution in [1.82, 2.24) is 4.90 Å². The van der Waals surface area contributed by atoms with Gasteiger partial charge in [0.2, 0.25) is 5.88 Å². The van der Waals surface area contributed by atoms with E-state index in [0.717, 1.165) is 21.3 Å². The summed E-state index contributed by atoms with van der Waals surface area (Å²) in [5.41, 5.74) is -5.05. The molecule has 1 amide bonds. The second-order valence-corrected chi connectivity index (χ2v) is 17.0. The van der Waals surface area contributed by atoms with Crippen molar-refractivity contribution < 1.29 is 39.7 Å². The van der Waals surface area contributed by atoms with Gasteiger partial charge in [-0.1, -0.05) is 112 Å². The molecule has 0 aliphatic carbocycles. The first kappa shape index (κ1) is 32.3. The third-order valence-electron chi connectivity index (χ3n) is 7.21. The summed E-state index contributed by atoms with van der Waals surface area (Å²) in [6.07, 6.45) is 0.521. The number of hydrogen-bond donors (Lipinski definition) is 0. The van der Waals surface area contributed by atoms with E-state index < -0.39 is 47.0 Å². The Morgan fingerprint density at radius 2 is 1.40 bits per heavy atom. The number of carbonyl (C=O) groups excluding carboxylic acids is 1. The third kappa shape index (κ3) is 7.14. The molecule has 0 unspecified atom stereocenters. The summed E-state index contributed by atoms with van der Waals surface area (Å²) in [4.78, 5) is 14.3. The zero-order valence-corrected chi connectivity index (χ0v) is 25.9. The Labute approximate surface area is 251 Å².